The molecule has 0 N–H and O–H groups in total. The summed E-state index contributed by atoms with van der Waals surface area (Å²) in [6.07, 6.45) is -0.464. The molecule has 158 valence electrons. The zero-order valence-electron chi connectivity index (χ0n) is 15.9. The predicted molar refractivity (Wildman–Crippen MR) is 103 cm³/mol. The van der Waals surface area contributed by atoms with Crippen LogP contribution in [0.25, 0.3) is 0 Å². The first-order chi connectivity index (χ1) is 12.9. The van der Waals surface area contributed by atoms with E-state index in [9.17, 15) is 21.6 Å². The van der Waals surface area contributed by atoms with Gasteiger partial charge in [-0.25, -0.2) is 26.6 Å². The monoisotopic (exact) mass is 452 g/mol. The van der Waals surface area contributed by atoms with E-state index in [4.69, 9.17) is 4.74 Å². The largest absolute Gasteiger partial charge is 0.444 e. The Kier molecular flexibility index (Phi) is 5.75. The molecule has 28 heavy (non-hydrogen) atoms. The molecule has 0 atom stereocenters. The number of amides is 1. The van der Waals surface area contributed by atoms with Crippen LogP contribution in [0, 0.1) is 0 Å². The van der Waals surface area contributed by atoms with Crippen LogP contribution in [0.3, 0.4) is 0 Å². The van der Waals surface area contributed by atoms with Gasteiger partial charge in [0.15, 0.2) is 5.03 Å². The Labute approximate surface area is 169 Å². The number of rotatable bonds is 4. The summed E-state index contributed by atoms with van der Waals surface area (Å²) in [5, 5.41) is 0.584. The van der Waals surface area contributed by atoms with Gasteiger partial charge < -0.3 is 9.64 Å². The highest BCUT2D eigenvalue weighted by atomic mass is 32.2. The molecule has 0 saturated carbocycles. The molecule has 3 heterocycles. The number of carbonyl (C=O) groups excluding carboxylic acids is 1. The number of thiazole rings is 1. The summed E-state index contributed by atoms with van der Waals surface area (Å²) in [4.78, 5) is 17.4. The number of aromatic nitrogens is 1. The van der Waals surface area contributed by atoms with E-state index in [0.717, 1.165) is 4.31 Å². The highest BCUT2D eigenvalue weighted by molar-refractivity contribution is 7.91. The van der Waals surface area contributed by atoms with Gasteiger partial charge in [0.25, 0.3) is 10.0 Å². The number of hydrogen-bond donors (Lipinski definition) is 0. The van der Waals surface area contributed by atoms with Crippen molar-refractivity contribution in [2.75, 3.05) is 39.3 Å². The Bertz CT molecular complexity index is 909. The third kappa shape index (κ3) is 4.32. The van der Waals surface area contributed by atoms with E-state index >= 15 is 0 Å². The van der Waals surface area contributed by atoms with Crippen LogP contribution in [0.15, 0.2) is 15.9 Å². The summed E-state index contributed by atoms with van der Waals surface area (Å²) in [7, 11) is -7.38. The lowest BCUT2D eigenvalue weighted by Crippen LogP contribution is -2.62. The van der Waals surface area contributed by atoms with E-state index in [1.54, 1.807) is 20.8 Å². The maximum absolute atomic E-state index is 12.8. The Morgan fingerprint density at radius 2 is 1.71 bits per heavy atom. The SMILES string of the molecule is CC(C)(C)OC(=O)N1CCN(S(=O)(=O)C2CN(S(=O)(=O)c3cscn3)C2)CC1. The maximum atomic E-state index is 12.8. The molecular weight excluding hydrogens is 428 g/mol. The van der Waals surface area contributed by atoms with Crippen molar-refractivity contribution in [3.05, 3.63) is 10.9 Å². The van der Waals surface area contributed by atoms with Gasteiger partial charge in [0.2, 0.25) is 10.0 Å². The van der Waals surface area contributed by atoms with E-state index in [1.165, 1.54) is 31.4 Å². The smallest absolute Gasteiger partial charge is 0.410 e. The fourth-order valence-electron chi connectivity index (χ4n) is 2.91. The minimum absolute atomic E-state index is 0.0562. The molecule has 0 radical (unpaired) electrons. The Morgan fingerprint density at radius 1 is 1.11 bits per heavy atom. The average molecular weight is 453 g/mol. The minimum atomic E-state index is -3.74. The summed E-state index contributed by atoms with van der Waals surface area (Å²) in [6, 6.07) is 0. The first-order valence-electron chi connectivity index (χ1n) is 8.76. The molecule has 2 fully saturated rings. The van der Waals surface area contributed by atoms with Crippen molar-refractivity contribution in [3.63, 3.8) is 0 Å². The predicted octanol–water partition coefficient (Wildman–Crippen LogP) is 0.399. The summed E-state index contributed by atoms with van der Waals surface area (Å²) in [6.45, 7) is 5.94. The average Bonchev–Trinajstić information content (AvgIpc) is 3.06. The van der Waals surface area contributed by atoms with Crippen LogP contribution in [-0.2, 0) is 24.8 Å². The van der Waals surface area contributed by atoms with Gasteiger partial charge in [-0.2, -0.15) is 8.61 Å². The summed E-state index contributed by atoms with van der Waals surface area (Å²) >= 11 is 1.17. The van der Waals surface area contributed by atoms with Crippen molar-refractivity contribution in [2.24, 2.45) is 0 Å². The minimum Gasteiger partial charge on any atom is -0.444 e. The molecule has 0 unspecified atom stereocenters. The number of sulfonamides is 2. The fourth-order valence-corrected chi connectivity index (χ4v) is 7.26. The molecule has 0 aliphatic carbocycles. The summed E-state index contributed by atoms with van der Waals surface area (Å²) in [5.74, 6) is 0. The normalized spacial score (nSPS) is 20.8. The Morgan fingerprint density at radius 3 is 2.21 bits per heavy atom. The molecule has 2 aliphatic rings. The second-order valence-electron chi connectivity index (χ2n) is 7.68. The maximum Gasteiger partial charge on any atom is 0.410 e. The Balaban J connectivity index is 1.55. The van der Waals surface area contributed by atoms with Crippen LogP contribution in [-0.4, -0.2) is 91.5 Å². The zero-order valence-corrected chi connectivity index (χ0v) is 18.4. The number of hydrogen-bond acceptors (Lipinski definition) is 8. The first-order valence-corrected chi connectivity index (χ1v) is 12.6. The number of piperazine rings is 1. The molecule has 13 heteroatoms. The van der Waals surface area contributed by atoms with Crippen molar-refractivity contribution >= 4 is 37.5 Å². The lowest BCUT2D eigenvalue weighted by Gasteiger charge is -2.41. The molecule has 1 aromatic heterocycles. The van der Waals surface area contributed by atoms with Gasteiger partial charge in [-0.15, -0.1) is 11.3 Å². The van der Waals surface area contributed by atoms with Crippen molar-refractivity contribution in [3.8, 4) is 0 Å². The number of ether oxygens (including phenoxy) is 1. The highest BCUT2D eigenvalue weighted by Crippen LogP contribution is 2.27. The molecule has 0 spiro atoms. The Hall–Kier alpha value is -1.28. The zero-order chi connectivity index (χ0) is 20.7. The molecule has 0 aromatic carbocycles. The third-order valence-electron chi connectivity index (χ3n) is 4.50. The molecule has 0 bridgehead atoms. The molecule has 2 aliphatic heterocycles. The van der Waals surface area contributed by atoms with Gasteiger partial charge in [0.05, 0.1) is 5.51 Å². The second-order valence-corrected chi connectivity index (χ2v) is 12.5. The topological polar surface area (TPSA) is 117 Å². The van der Waals surface area contributed by atoms with Gasteiger partial charge in [-0.1, -0.05) is 0 Å². The highest BCUT2D eigenvalue weighted by Gasteiger charge is 2.47. The molecule has 1 amide bonds. The van der Waals surface area contributed by atoms with Crippen LogP contribution in [0.5, 0.6) is 0 Å². The molecule has 3 rings (SSSR count). The van der Waals surface area contributed by atoms with Gasteiger partial charge in [-0.05, 0) is 20.8 Å². The van der Waals surface area contributed by atoms with E-state index in [0.29, 0.717) is 0 Å². The van der Waals surface area contributed by atoms with Crippen LogP contribution in [0.4, 0.5) is 4.79 Å². The van der Waals surface area contributed by atoms with E-state index in [2.05, 4.69) is 4.98 Å². The van der Waals surface area contributed by atoms with Gasteiger partial charge in [0.1, 0.15) is 10.9 Å². The lowest BCUT2D eigenvalue weighted by molar-refractivity contribution is 0.0191. The van der Waals surface area contributed by atoms with Crippen molar-refractivity contribution in [1.82, 2.24) is 18.5 Å². The molecule has 10 nitrogen and oxygen atoms in total. The first kappa shape index (κ1) is 21.4. The molecule has 2 saturated heterocycles. The fraction of sp³-hybridized carbons (Fsp3) is 0.733. The second kappa shape index (κ2) is 7.52. The third-order valence-corrected chi connectivity index (χ3v) is 9.19. The summed E-state index contributed by atoms with van der Waals surface area (Å²) in [5.41, 5.74) is 0.809. The number of carbonyl (C=O) groups is 1. The van der Waals surface area contributed by atoms with Crippen LogP contribution < -0.4 is 0 Å². The molecule has 1 aromatic rings. The van der Waals surface area contributed by atoms with Crippen LogP contribution in [0.1, 0.15) is 20.8 Å². The standard InChI is InChI=1S/C15H24N4O6S3/c1-15(2,3)25-14(20)17-4-6-18(7-5-17)27(21,22)12-8-19(9-12)28(23,24)13-10-26-11-16-13/h10-12H,4-9H2,1-3H3. The van der Waals surface area contributed by atoms with Crippen molar-refractivity contribution in [1.29, 1.82) is 0 Å². The van der Waals surface area contributed by atoms with E-state index in [1.807, 2.05) is 0 Å². The van der Waals surface area contributed by atoms with E-state index in [-0.39, 0.29) is 44.3 Å². The van der Waals surface area contributed by atoms with Crippen molar-refractivity contribution in [2.45, 2.75) is 36.6 Å². The van der Waals surface area contributed by atoms with Gasteiger partial charge in [-0.3, -0.25) is 0 Å². The lowest BCUT2D eigenvalue weighted by atomic mass is 10.2. The quantitative estimate of drug-likeness (QED) is 0.649. The number of nitrogens with zero attached hydrogens (tertiary/aromatic N) is 4. The van der Waals surface area contributed by atoms with Crippen LogP contribution in [0.2, 0.25) is 0 Å². The van der Waals surface area contributed by atoms with Crippen molar-refractivity contribution < 1.29 is 26.4 Å². The van der Waals surface area contributed by atoms with Gasteiger partial charge >= 0.3 is 6.09 Å². The molecular formula is C15H24N4O6S3. The van der Waals surface area contributed by atoms with Gasteiger partial charge in [0, 0.05) is 44.6 Å². The van der Waals surface area contributed by atoms with E-state index < -0.39 is 37.0 Å². The van der Waals surface area contributed by atoms with Crippen LogP contribution >= 0.6 is 11.3 Å². The summed E-state index contributed by atoms with van der Waals surface area (Å²) < 4.78 is 58.1.